The highest BCUT2D eigenvalue weighted by molar-refractivity contribution is 7.90. The second-order valence-electron chi connectivity index (χ2n) is 5.37. The molecule has 0 radical (unpaired) electrons. The lowest BCUT2D eigenvalue weighted by molar-refractivity contribution is 0.288. The Labute approximate surface area is 111 Å². The third-order valence-electron chi connectivity index (χ3n) is 3.42. The lowest BCUT2D eigenvalue weighted by Crippen LogP contribution is -2.41. The van der Waals surface area contributed by atoms with E-state index >= 15 is 0 Å². The molecule has 0 aliphatic carbocycles. The monoisotopic (exact) mass is 277 g/mol. The third kappa shape index (κ3) is 5.22. The predicted octanol–water partition coefficient (Wildman–Crippen LogP) is 0.246. The fourth-order valence-electron chi connectivity index (χ4n) is 2.27. The molecule has 0 amide bonds. The molecule has 2 unspecified atom stereocenters. The van der Waals surface area contributed by atoms with E-state index < -0.39 is 10.0 Å². The number of sulfonamides is 1. The minimum atomic E-state index is -3.18. The summed E-state index contributed by atoms with van der Waals surface area (Å²) in [6.45, 7) is 8.15. The van der Waals surface area contributed by atoms with Crippen molar-refractivity contribution >= 4 is 10.0 Å². The zero-order chi connectivity index (χ0) is 13.6. The van der Waals surface area contributed by atoms with Gasteiger partial charge in [-0.15, -0.1) is 0 Å². The van der Waals surface area contributed by atoms with Crippen LogP contribution in [0.2, 0.25) is 0 Å². The third-order valence-corrected chi connectivity index (χ3v) is 5.22. The van der Waals surface area contributed by atoms with Crippen molar-refractivity contribution in [1.29, 1.82) is 0 Å². The molecule has 18 heavy (non-hydrogen) atoms. The second-order valence-corrected chi connectivity index (χ2v) is 7.56. The average molecular weight is 277 g/mol. The van der Waals surface area contributed by atoms with Gasteiger partial charge >= 0.3 is 0 Å². The lowest BCUT2D eigenvalue weighted by atomic mass is 10.2. The van der Waals surface area contributed by atoms with Gasteiger partial charge in [-0.25, -0.2) is 13.1 Å². The molecule has 1 aliphatic rings. The van der Waals surface area contributed by atoms with Gasteiger partial charge in [0.15, 0.2) is 0 Å². The molecule has 0 aromatic carbocycles. The number of hydrogen-bond donors (Lipinski definition) is 2. The fraction of sp³-hybridized carbons (Fsp3) is 1.00. The van der Waals surface area contributed by atoms with Gasteiger partial charge in [0.1, 0.15) is 0 Å². The summed E-state index contributed by atoms with van der Waals surface area (Å²) in [4.78, 5) is 2.41. The van der Waals surface area contributed by atoms with Crippen LogP contribution in [0.15, 0.2) is 0 Å². The Morgan fingerprint density at radius 1 is 1.17 bits per heavy atom. The average Bonchev–Trinajstić information content (AvgIpc) is 2.79. The molecule has 0 aromatic heterocycles. The number of rotatable bonds is 8. The predicted molar refractivity (Wildman–Crippen MR) is 75.1 cm³/mol. The van der Waals surface area contributed by atoms with Gasteiger partial charge in [0, 0.05) is 19.6 Å². The first-order valence-electron chi connectivity index (χ1n) is 6.81. The molecule has 2 atom stereocenters. The van der Waals surface area contributed by atoms with Crippen LogP contribution in [0.25, 0.3) is 0 Å². The van der Waals surface area contributed by atoms with Gasteiger partial charge in [-0.1, -0.05) is 6.92 Å². The minimum Gasteiger partial charge on any atom is -0.318 e. The SMILES string of the molecule is CNCC(C)S(=O)(=O)NCC(C)CN1CCCC1. The summed E-state index contributed by atoms with van der Waals surface area (Å²) >= 11 is 0. The smallest absolute Gasteiger partial charge is 0.215 e. The fourth-order valence-corrected chi connectivity index (χ4v) is 3.46. The highest BCUT2D eigenvalue weighted by Gasteiger charge is 2.21. The van der Waals surface area contributed by atoms with E-state index in [4.69, 9.17) is 0 Å². The highest BCUT2D eigenvalue weighted by Crippen LogP contribution is 2.10. The molecule has 1 heterocycles. The molecule has 5 nitrogen and oxygen atoms in total. The van der Waals surface area contributed by atoms with E-state index in [1.165, 1.54) is 12.8 Å². The lowest BCUT2D eigenvalue weighted by Gasteiger charge is -2.21. The Balaban J connectivity index is 2.29. The Bertz CT molecular complexity index is 326. The summed E-state index contributed by atoms with van der Waals surface area (Å²) in [6.07, 6.45) is 2.55. The van der Waals surface area contributed by atoms with Crippen LogP contribution in [0.1, 0.15) is 26.7 Å². The molecular formula is C12H27N3O2S. The summed E-state index contributed by atoms with van der Waals surface area (Å²) in [5, 5.41) is 2.51. The van der Waals surface area contributed by atoms with E-state index in [9.17, 15) is 8.42 Å². The van der Waals surface area contributed by atoms with Crippen LogP contribution >= 0.6 is 0 Å². The summed E-state index contributed by atoms with van der Waals surface area (Å²) < 4.78 is 26.5. The van der Waals surface area contributed by atoms with Crippen molar-refractivity contribution in [3.05, 3.63) is 0 Å². The van der Waals surface area contributed by atoms with Gasteiger partial charge in [0.2, 0.25) is 10.0 Å². The molecule has 0 saturated carbocycles. The molecule has 1 aliphatic heterocycles. The maximum atomic E-state index is 11.9. The van der Waals surface area contributed by atoms with E-state index in [1.807, 2.05) is 0 Å². The summed E-state index contributed by atoms with van der Waals surface area (Å²) in [5.74, 6) is 0.361. The number of nitrogens with zero attached hydrogens (tertiary/aromatic N) is 1. The molecule has 108 valence electrons. The van der Waals surface area contributed by atoms with Crippen molar-refractivity contribution in [2.24, 2.45) is 5.92 Å². The van der Waals surface area contributed by atoms with Crippen LogP contribution in [0.4, 0.5) is 0 Å². The van der Waals surface area contributed by atoms with E-state index in [-0.39, 0.29) is 5.25 Å². The van der Waals surface area contributed by atoms with Crippen molar-refractivity contribution < 1.29 is 8.42 Å². The van der Waals surface area contributed by atoms with Crippen molar-refractivity contribution in [2.75, 3.05) is 39.8 Å². The molecule has 1 rings (SSSR count). The second kappa shape index (κ2) is 7.43. The van der Waals surface area contributed by atoms with Gasteiger partial charge in [0.05, 0.1) is 5.25 Å². The Kier molecular flexibility index (Phi) is 6.55. The first-order chi connectivity index (χ1) is 8.45. The Hall–Kier alpha value is -0.170. The van der Waals surface area contributed by atoms with Gasteiger partial charge < -0.3 is 10.2 Å². The van der Waals surface area contributed by atoms with Gasteiger partial charge in [-0.05, 0) is 45.8 Å². The normalized spacial score (nSPS) is 21.1. The molecule has 6 heteroatoms. The van der Waals surface area contributed by atoms with Crippen LogP contribution in [0, 0.1) is 5.92 Å². The quantitative estimate of drug-likeness (QED) is 0.667. The largest absolute Gasteiger partial charge is 0.318 e. The Morgan fingerprint density at radius 2 is 1.78 bits per heavy atom. The molecule has 0 spiro atoms. The molecular weight excluding hydrogens is 250 g/mol. The zero-order valence-electron chi connectivity index (χ0n) is 11.8. The van der Waals surface area contributed by atoms with Crippen LogP contribution in [0.3, 0.4) is 0 Å². The van der Waals surface area contributed by atoms with Crippen LogP contribution in [-0.4, -0.2) is 58.3 Å². The highest BCUT2D eigenvalue weighted by atomic mass is 32.2. The van der Waals surface area contributed by atoms with Crippen LogP contribution < -0.4 is 10.0 Å². The van der Waals surface area contributed by atoms with Crippen molar-refractivity contribution in [3.63, 3.8) is 0 Å². The molecule has 1 fully saturated rings. The van der Waals surface area contributed by atoms with E-state index in [1.54, 1.807) is 14.0 Å². The molecule has 0 bridgehead atoms. The van der Waals surface area contributed by atoms with Gasteiger partial charge in [-0.2, -0.15) is 0 Å². The topological polar surface area (TPSA) is 61.4 Å². The summed E-state index contributed by atoms with van der Waals surface area (Å²) in [5.41, 5.74) is 0. The van der Waals surface area contributed by atoms with E-state index in [0.717, 1.165) is 19.6 Å². The zero-order valence-corrected chi connectivity index (χ0v) is 12.6. The Morgan fingerprint density at radius 3 is 2.33 bits per heavy atom. The number of hydrogen-bond acceptors (Lipinski definition) is 4. The van der Waals surface area contributed by atoms with Crippen molar-refractivity contribution in [3.8, 4) is 0 Å². The molecule has 1 saturated heterocycles. The van der Waals surface area contributed by atoms with Crippen molar-refractivity contribution in [2.45, 2.75) is 31.9 Å². The first-order valence-corrected chi connectivity index (χ1v) is 8.35. The minimum absolute atomic E-state index is 0.361. The van der Waals surface area contributed by atoms with Crippen LogP contribution in [0.5, 0.6) is 0 Å². The number of nitrogens with one attached hydrogen (secondary N) is 2. The number of likely N-dealkylation sites (tertiary alicyclic amines) is 1. The van der Waals surface area contributed by atoms with Crippen LogP contribution in [-0.2, 0) is 10.0 Å². The van der Waals surface area contributed by atoms with Crippen molar-refractivity contribution in [1.82, 2.24) is 14.9 Å². The van der Waals surface area contributed by atoms with Gasteiger partial charge in [0.25, 0.3) is 0 Å². The van der Waals surface area contributed by atoms with E-state index in [0.29, 0.717) is 19.0 Å². The maximum Gasteiger partial charge on any atom is 0.215 e. The maximum absolute atomic E-state index is 11.9. The first kappa shape index (κ1) is 15.9. The summed E-state index contributed by atoms with van der Waals surface area (Å²) in [7, 11) is -1.42. The molecule has 2 N–H and O–H groups in total. The summed E-state index contributed by atoms with van der Waals surface area (Å²) in [6, 6.07) is 0. The molecule has 0 aromatic rings. The van der Waals surface area contributed by atoms with Gasteiger partial charge in [-0.3, -0.25) is 0 Å². The van der Waals surface area contributed by atoms with E-state index in [2.05, 4.69) is 21.9 Å². The standard InChI is InChI=1S/C12H27N3O2S/c1-11(10-15-6-4-5-7-15)8-14-18(16,17)12(2)9-13-3/h11-14H,4-10H2,1-3H3.